The van der Waals surface area contributed by atoms with Gasteiger partial charge in [-0.3, -0.25) is 9.68 Å². The number of hydrogen-bond acceptors (Lipinski definition) is 1. The van der Waals surface area contributed by atoms with E-state index in [1.165, 1.54) is 0 Å². The highest BCUT2D eigenvalue weighted by Gasteiger charge is 2.35. The van der Waals surface area contributed by atoms with Crippen molar-refractivity contribution < 1.29 is 0 Å². The van der Waals surface area contributed by atoms with E-state index in [1.807, 2.05) is 36.4 Å². The van der Waals surface area contributed by atoms with Gasteiger partial charge in [-0.25, -0.2) is 0 Å². The third-order valence-corrected chi connectivity index (χ3v) is 14.4. The van der Waals surface area contributed by atoms with Crippen molar-refractivity contribution in [2.24, 2.45) is 4.52 Å². The Morgan fingerprint density at radius 1 is 0.640 bits per heavy atom. The summed E-state index contributed by atoms with van der Waals surface area (Å²) in [6, 6.07) is 20.6. The summed E-state index contributed by atoms with van der Waals surface area (Å²) < 4.78 is 5.57. The Bertz CT molecular complexity index is 706. The van der Waals surface area contributed by atoms with Crippen LogP contribution in [0, 0.1) is 5.16 Å². The standard InChI is InChI=1S/C21H32N2P2/c1-17(2)24(18(3)4,19(5)6)23-25(22,20-13-9-7-10-14-20)21-15-11-8-12-16-21/h7-19,22H,1-6H3. The normalized spacial score (nSPS) is 12.8. The lowest BCUT2D eigenvalue weighted by Crippen LogP contribution is -2.20. The van der Waals surface area contributed by atoms with Gasteiger partial charge in [-0.1, -0.05) is 102 Å². The molecular formula is C21H32N2P2. The molecule has 0 atom stereocenters. The van der Waals surface area contributed by atoms with E-state index >= 15 is 0 Å². The second-order valence-electron chi connectivity index (χ2n) is 7.47. The fraction of sp³-hybridized carbons (Fsp3) is 0.429. The third kappa shape index (κ3) is 3.86. The highest BCUT2D eigenvalue weighted by atomic mass is 31.2. The Hall–Kier alpha value is -1.10. The Balaban J connectivity index is 2.87. The first-order valence-electron chi connectivity index (χ1n) is 9.13. The third-order valence-electron chi connectivity index (χ3n) is 5.03. The molecule has 0 aliphatic heterocycles. The summed E-state index contributed by atoms with van der Waals surface area (Å²) >= 11 is 0. The number of rotatable bonds is 6. The first-order valence-corrected chi connectivity index (χ1v) is 12.8. The van der Waals surface area contributed by atoms with Gasteiger partial charge in [0.05, 0.1) is 0 Å². The molecule has 0 aliphatic rings. The van der Waals surface area contributed by atoms with Crippen LogP contribution in [0.25, 0.3) is 0 Å². The van der Waals surface area contributed by atoms with Crippen molar-refractivity contribution in [3.05, 3.63) is 60.7 Å². The lowest BCUT2D eigenvalue weighted by Gasteiger charge is -2.39. The second-order valence-corrected chi connectivity index (χ2v) is 15.2. The highest BCUT2D eigenvalue weighted by Crippen LogP contribution is 2.68. The molecule has 0 aliphatic carbocycles. The average molecular weight is 374 g/mol. The van der Waals surface area contributed by atoms with Gasteiger partial charge in [-0.15, -0.1) is 0 Å². The molecule has 0 aromatic heterocycles. The molecule has 2 aromatic rings. The van der Waals surface area contributed by atoms with E-state index in [1.54, 1.807) is 0 Å². The molecule has 0 saturated heterocycles. The van der Waals surface area contributed by atoms with Gasteiger partial charge in [0, 0.05) is 10.6 Å². The predicted octanol–water partition coefficient (Wildman–Crippen LogP) is 6.76. The summed E-state index contributed by atoms with van der Waals surface area (Å²) in [6.45, 7) is 13.8. The average Bonchev–Trinajstić information content (AvgIpc) is 2.60. The Kier molecular flexibility index (Phi) is 6.52. The lowest BCUT2D eigenvalue weighted by atomic mass is 10.4. The minimum Gasteiger partial charge on any atom is -0.289 e. The maximum Gasteiger partial charge on any atom is 0.126 e. The van der Waals surface area contributed by atoms with Crippen molar-refractivity contribution in [1.82, 2.24) is 0 Å². The molecule has 2 aromatic carbocycles. The Labute approximate surface area is 154 Å². The Morgan fingerprint density at radius 2 is 0.960 bits per heavy atom. The molecular weight excluding hydrogens is 342 g/mol. The fourth-order valence-electron chi connectivity index (χ4n) is 3.87. The van der Waals surface area contributed by atoms with Crippen LogP contribution in [0.2, 0.25) is 0 Å². The molecule has 1 N–H and O–H groups in total. The second kappa shape index (κ2) is 8.07. The molecule has 0 radical (unpaired) electrons. The molecule has 0 bridgehead atoms. The number of nitrogens with zero attached hydrogens (tertiary/aromatic N) is 1. The van der Waals surface area contributed by atoms with Crippen molar-refractivity contribution in [2.45, 2.75) is 58.5 Å². The van der Waals surface area contributed by atoms with Gasteiger partial charge in [-0.2, -0.15) is 0 Å². The maximum atomic E-state index is 9.61. The van der Waals surface area contributed by atoms with E-state index in [0.29, 0.717) is 17.0 Å². The van der Waals surface area contributed by atoms with Gasteiger partial charge in [0.15, 0.2) is 0 Å². The minimum absolute atomic E-state index is 0.490. The van der Waals surface area contributed by atoms with Crippen LogP contribution in [0.4, 0.5) is 0 Å². The van der Waals surface area contributed by atoms with E-state index in [0.717, 1.165) is 10.6 Å². The molecule has 0 unspecified atom stereocenters. The quantitative estimate of drug-likeness (QED) is 0.542. The van der Waals surface area contributed by atoms with E-state index in [-0.39, 0.29) is 0 Å². The SMILES string of the molecule is CC(C)P(=NP(=N)(c1ccccc1)c1ccccc1)(C(C)C)C(C)C. The fourth-order valence-corrected chi connectivity index (χ4v) is 14.1. The zero-order valence-corrected chi connectivity index (χ0v) is 18.1. The van der Waals surface area contributed by atoms with Crippen molar-refractivity contribution in [1.29, 1.82) is 5.16 Å². The van der Waals surface area contributed by atoms with E-state index in [9.17, 15) is 5.16 Å². The van der Waals surface area contributed by atoms with Gasteiger partial charge >= 0.3 is 0 Å². The molecule has 0 fully saturated rings. The van der Waals surface area contributed by atoms with Crippen LogP contribution in [0.1, 0.15) is 41.5 Å². The van der Waals surface area contributed by atoms with Crippen molar-refractivity contribution in [3.63, 3.8) is 0 Å². The zero-order valence-electron chi connectivity index (χ0n) is 16.3. The van der Waals surface area contributed by atoms with Crippen LogP contribution in [0.3, 0.4) is 0 Å². The summed E-state index contributed by atoms with van der Waals surface area (Å²) in [7, 11) is -4.21. The van der Waals surface area contributed by atoms with Gasteiger partial charge in [0.1, 0.15) is 7.21 Å². The van der Waals surface area contributed by atoms with Crippen molar-refractivity contribution in [2.75, 3.05) is 0 Å². The van der Waals surface area contributed by atoms with Gasteiger partial charge in [0.25, 0.3) is 0 Å². The van der Waals surface area contributed by atoms with Crippen LogP contribution in [-0.4, -0.2) is 17.0 Å². The van der Waals surface area contributed by atoms with Gasteiger partial charge in [-0.05, 0) is 24.0 Å². The highest BCUT2D eigenvalue weighted by molar-refractivity contribution is 7.85. The summed E-state index contributed by atoms with van der Waals surface area (Å²) in [5.41, 5.74) is 1.47. The van der Waals surface area contributed by atoms with Crippen LogP contribution < -0.4 is 10.6 Å². The first kappa shape index (κ1) is 20.2. The maximum absolute atomic E-state index is 9.61. The van der Waals surface area contributed by atoms with Gasteiger partial charge < -0.3 is 0 Å². The van der Waals surface area contributed by atoms with E-state index in [2.05, 4.69) is 65.8 Å². The van der Waals surface area contributed by atoms with E-state index < -0.39 is 14.3 Å². The number of benzene rings is 2. The van der Waals surface area contributed by atoms with Crippen LogP contribution in [-0.2, 0) is 0 Å². The largest absolute Gasteiger partial charge is 0.289 e. The first-order chi connectivity index (χ1) is 11.7. The summed E-state index contributed by atoms with van der Waals surface area (Å²) in [4.78, 5) is 0. The van der Waals surface area contributed by atoms with E-state index in [4.69, 9.17) is 4.52 Å². The molecule has 4 heteroatoms. The van der Waals surface area contributed by atoms with Gasteiger partial charge in [0.2, 0.25) is 0 Å². The molecule has 0 spiro atoms. The zero-order chi connectivity index (χ0) is 18.7. The smallest absolute Gasteiger partial charge is 0.126 e. The molecule has 0 saturated carbocycles. The molecule has 136 valence electrons. The summed E-state index contributed by atoms with van der Waals surface area (Å²) in [5.74, 6) is 0. The molecule has 2 nitrogen and oxygen atoms in total. The summed E-state index contributed by atoms with van der Waals surface area (Å²) in [5, 5.41) is 11.7. The minimum atomic E-state index is -2.53. The number of nitrogens with one attached hydrogen (secondary N) is 1. The topological polar surface area (TPSA) is 36.2 Å². The molecule has 25 heavy (non-hydrogen) atoms. The van der Waals surface area contributed by atoms with Crippen LogP contribution in [0.15, 0.2) is 65.2 Å². The number of hydrogen-bond donors (Lipinski definition) is 1. The molecule has 0 amide bonds. The van der Waals surface area contributed by atoms with Crippen molar-refractivity contribution >= 4 is 24.9 Å². The Morgan fingerprint density at radius 3 is 1.24 bits per heavy atom. The van der Waals surface area contributed by atoms with Crippen molar-refractivity contribution in [3.8, 4) is 0 Å². The summed E-state index contributed by atoms with van der Waals surface area (Å²) in [6.07, 6.45) is 0. The molecule has 0 heterocycles. The molecule has 2 rings (SSSR count). The monoisotopic (exact) mass is 374 g/mol. The lowest BCUT2D eigenvalue weighted by molar-refractivity contribution is 0.928. The predicted molar refractivity (Wildman–Crippen MR) is 117 cm³/mol. The van der Waals surface area contributed by atoms with Crippen LogP contribution in [0.5, 0.6) is 0 Å². The van der Waals surface area contributed by atoms with Crippen LogP contribution >= 0.6 is 14.3 Å².